The van der Waals surface area contributed by atoms with Crippen LogP contribution < -0.4 is 20.4 Å². The number of aromatic nitrogens is 2. The van der Waals surface area contributed by atoms with Crippen LogP contribution in [0.15, 0.2) is 42.5 Å². The molecule has 0 saturated carbocycles. The zero-order chi connectivity index (χ0) is 32.9. The SMILES string of the molecule is CCCCOC(OCCCC)C1CCN(c2cc(N3C4CCC3CN(c3cc(-c5cccc(F)c5O)nnc3N)C4)ccc2F)CC1. The lowest BCUT2D eigenvalue weighted by Crippen LogP contribution is -2.54. The van der Waals surface area contributed by atoms with Crippen molar-refractivity contribution in [2.45, 2.75) is 83.6 Å². The number of para-hydroxylation sites is 1. The van der Waals surface area contributed by atoms with Crippen molar-refractivity contribution in [1.82, 2.24) is 10.2 Å². The highest BCUT2D eigenvalue weighted by Crippen LogP contribution is 2.41. The van der Waals surface area contributed by atoms with Crippen LogP contribution in [0.25, 0.3) is 11.3 Å². The molecule has 11 heteroatoms. The molecule has 2 bridgehead atoms. The van der Waals surface area contributed by atoms with Gasteiger partial charge < -0.3 is 35.0 Å². The van der Waals surface area contributed by atoms with Gasteiger partial charge in [-0.15, -0.1) is 10.2 Å². The highest BCUT2D eigenvalue weighted by Gasteiger charge is 2.41. The van der Waals surface area contributed by atoms with Gasteiger partial charge in [-0.1, -0.05) is 32.8 Å². The minimum absolute atomic E-state index is 0.196. The Bertz CT molecular complexity index is 1480. The molecule has 47 heavy (non-hydrogen) atoms. The molecule has 4 heterocycles. The fourth-order valence-electron chi connectivity index (χ4n) is 7.34. The summed E-state index contributed by atoms with van der Waals surface area (Å²) in [6, 6.07) is 12.1. The number of nitrogens with zero attached hydrogens (tertiary/aromatic N) is 5. The van der Waals surface area contributed by atoms with E-state index in [2.05, 4.69) is 38.7 Å². The molecular weight excluding hydrogens is 602 g/mol. The van der Waals surface area contributed by atoms with E-state index in [0.717, 1.165) is 70.1 Å². The molecule has 3 aromatic rings. The van der Waals surface area contributed by atoms with Crippen LogP contribution >= 0.6 is 0 Å². The summed E-state index contributed by atoms with van der Waals surface area (Å²) in [5, 5.41) is 18.6. The standard InChI is InChI=1S/C36H48F2N6O3/c1-3-5-18-46-36(47-19-6-4-2)24-14-16-42(17-15-24)32-20-25(12-13-29(32)37)44-26-10-11-27(44)23-43(22-26)33-21-31(40-41-35(33)39)28-8-7-9-30(38)34(28)45/h7-9,12-13,20-21,24,26-27,36,45H,3-6,10-11,14-19,22-23H2,1-2H3,(H2,39,41). The van der Waals surface area contributed by atoms with Crippen molar-refractivity contribution >= 4 is 22.9 Å². The van der Waals surface area contributed by atoms with Crippen molar-refractivity contribution in [2.75, 3.05) is 59.8 Å². The van der Waals surface area contributed by atoms with Crippen LogP contribution in [0.4, 0.5) is 31.7 Å². The molecule has 9 nitrogen and oxygen atoms in total. The van der Waals surface area contributed by atoms with E-state index in [9.17, 15) is 9.50 Å². The first-order chi connectivity index (χ1) is 22.9. The van der Waals surface area contributed by atoms with Gasteiger partial charge in [0.25, 0.3) is 0 Å². The van der Waals surface area contributed by atoms with E-state index in [1.807, 2.05) is 12.1 Å². The molecule has 0 spiro atoms. The van der Waals surface area contributed by atoms with Crippen LogP contribution in [0.1, 0.15) is 65.2 Å². The van der Waals surface area contributed by atoms with E-state index in [1.54, 1.807) is 18.2 Å². The summed E-state index contributed by atoms with van der Waals surface area (Å²) < 4.78 is 41.8. The van der Waals surface area contributed by atoms with Crippen molar-refractivity contribution < 1.29 is 23.4 Å². The first-order valence-electron chi connectivity index (χ1n) is 17.3. The van der Waals surface area contributed by atoms with Gasteiger partial charge in [0.2, 0.25) is 0 Å². The van der Waals surface area contributed by atoms with Gasteiger partial charge in [-0.25, -0.2) is 8.78 Å². The minimum atomic E-state index is -0.714. The first-order valence-corrected chi connectivity index (χ1v) is 17.3. The third-order valence-electron chi connectivity index (χ3n) is 9.94. The van der Waals surface area contributed by atoms with E-state index in [1.165, 1.54) is 12.1 Å². The Morgan fingerprint density at radius 2 is 1.53 bits per heavy atom. The zero-order valence-corrected chi connectivity index (χ0v) is 27.6. The van der Waals surface area contributed by atoms with Gasteiger partial charge in [-0.2, -0.15) is 0 Å². The Morgan fingerprint density at radius 3 is 2.19 bits per heavy atom. The lowest BCUT2D eigenvalue weighted by Gasteiger charge is -2.44. The molecule has 2 atom stereocenters. The van der Waals surface area contributed by atoms with E-state index in [-0.39, 0.29) is 29.8 Å². The van der Waals surface area contributed by atoms with E-state index in [4.69, 9.17) is 15.2 Å². The number of rotatable bonds is 13. The number of piperidine rings is 1. The van der Waals surface area contributed by atoms with Gasteiger partial charge in [-0.3, -0.25) is 0 Å². The second-order valence-electron chi connectivity index (χ2n) is 13.1. The summed E-state index contributed by atoms with van der Waals surface area (Å²) in [4.78, 5) is 6.82. The number of ether oxygens (including phenoxy) is 2. The maximum Gasteiger partial charge on any atom is 0.169 e. The van der Waals surface area contributed by atoms with Crippen LogP contribution in [0, 0.1) is 17.6 Å². The van der Waals surface area contributed by atoms with Gasteiger partial charge in [0, 0.05) is 68.6 Å². The third-order valence-corrected chi connectivity index (χ3v) is 9.94. The number of hydrogen-bond acceptors (Lipinski definition) is 9. The summed E-state index contributed by atoms with van der Waals surface area (Å²) in [6.45, 7) is 8.67. The number of benzene rings is 2. The van der Waals surface area contributed by atoms with E-state index >= 15 is 4.39 Å². The Balaban J connectivity index is 1.14. The van der Waals surface area contributed by atoms with Gasteiger partial charge in [0.15, 0.2) is 23.7 Å². The monoisotopic (exact) mass is 650 g/mol. The highest BCUT2D eigenvalue weighted by atomic mass is 19.1. The average molecular weight is 651 g/mol. The lowest BCUT2D eigenvalue weighted by atomic mass is 9.95. The minimum Gasteiger partial charge on any atom is -0.504 e. The van der Waals surface area contributed by atoms with Crippen molar-refractivity contribution in [3.05, 3.63) is 54.1 Å². The molecule has 6 rings (SSSR count). The summed E-state index contributed by atoms with van der Waals surface area (Å²) >= 11 is 0. The van der Waals surface area contributed by atoms with Gasteiger partial charge >= 0.3 is 0 Å². The molecule has 0 radical (unpaired) electrons. The normalized spacial score (nSPS) is 20.1. The summed E-state index contributed by atoms with van der Waals surface area (Å²) in [5.74, 6) is -0.778. The van der Waals surface area contributed by atoms with Gasteiger partial charge in [0.1, 0.15) is 5.82 Å². The predicted octanol–water partition coefficient (Wildman–Crippen LogP) is 6.74. The smallest absolute Gasteiger partial charge is 0.169 e. The van der Waals surface area contributed by atoms with Crippen LogP contribution in [-0.2, 0) is 9.47 Å². The first kappa shape index (κ1) is 33.2. The fraction of sp³-hybridized carbons (Fsp3) is 0.556. The molecule has 0 aliphatic carbocycles. The van der Waals surface area contributed by atoms with Crippen LogP contribution in [-0.4, -0.2) is 73.1 Å². The van der Waals surface area contributed by atoms with E-state index in [0.29, 0.717) is 55.1 Å². The molecule has 3 fully saturated rings. The summed E-state index contributed by atoms with van der Waals surface area (Å²) in [6.07, 6.45) is 7.83. The number of phenolic OH excluding ortho intramolecular Hbond substituents is 1. The van der Waals surface area contributed by atoms with Gasteiger partial charge in [-0.05, 0) is 74.9 Å². The topological polar surface area (TPSA) is 100 Å². The number of hydrogen-bond donors (Lipinski definition) is 2. The number of phenols is 1. The Hall–Kier alpha value is -3.70. The Labute approximate surface area is 276 Å². The summed E-state index contributed by atoms with van der Waals surface area (Å²) in [5.41, 5.74) is 9.34. The van der Waals surface area contributed by atoms with Crippen LogP contribution in [0.3, 0.4) is 0 Å². The van der Waals surface area contributed by atoms with Crippen molar-refractivity contribution in [3.63, 3.8) is 0 Å². The number of nitrogen functional groups attached to an aromatic ring is 1. The molecule has 2 unspecified atom stereocenters. The Morgan fingerprint density at radius 1 is 0.851 bits per heavy atom. The van der Waals surface area contributed by atoms with Crippen molar-refractivity contribution in [2.24, 2.45) is 5.92 Å². The zero-order valence-electron chi connectivity index (χ0n) is 27.6. The molecule has 0 amide bonds. The average Bonchev–Trinajstić information content (AvgIpc) is 3.34. The van der Waals surface area contributed by atoms with Crippen molar-refractivity contribution in [1.29, 1.82) is 0 Å². The molecule has 254 valence electrons. The second-order valence-corrected chi connectivity index (χ2v) is 13.1. The molecule has 3 saturated heterocycles. The van der Waals surface area contributed by atoms with E-state index < -0.39 is 11.6 Å². The molecule has 3 aliphatic rings. The Kier molecular flexibility index (Phi) is 10.6. The molecule has 3 aliphatic heterocycles. The van der Waals surface area contributed by atoms with Gasteiger partial charge in [0.05, 0.1) is 17.1 Å². The quantitative estimate of drug-likeness (QED) is 0.154. The highest BCUT2D eigenvalue weighted by molar-refractivity contribution is 5.75. The largest absolute Gasteiger partial charge is 0.504 e. The second kappa shape index (κ2) is 15.0. The fourth-order valence-corrected chi connectivity index (χ4v) is 7.34. The molecule has 3 N–H and O–H groups in total. The number of fused-ring (bicyclic) bond motifs is 2. The number of unbranched alkanes of at least 4 members (excludes halogenated alkanes) is 2. The predicted molar refractivity (Wildman–Crippen MR) is 182 cm³/mol. The maximum atomic E-state index is 15.4. The molecule has 2 aromatic carbocycles. The number of anilines is 4. The van der Waals surface area contributed by atoms with Crippen LogP contribution in [0.5, 0.6) is 5.75 Å². The number of aromatic hydroxyl groups is 1. The molecular formula is C36H48F2N6O3. The number of halogens is 2. The lowest BCUT2D eigenvalue weighted by molar-refractivity contribution is -0.177. The van der Waals surface area contributed by atoms with Crippen molar-refractivity contribution in [3.8, 4) is 17.0 Å². The summed E-state index contributed by atoms with van der Waals surface area (Å²) in [7, 11) is 0. The number of nitrogens with two attached hydrogens (primary N) is 1. The van der Waals surface area contributed by atoms with Crippen LogP contribution in [0.2, 0.25) is 0 Å². The maximum absolute atomic E-state index is 15.4. The third kappa shape index (κ3) is 7.26. The number of piperazine rings is 1. The molecule has 1 aromatic heterocycles.